The summed E-state index contributed by atoms with van der Waals surface area (Å²) in [5, 5.41) is 9.96. The number of hydrogen-bond acceptors (Lipinski definition) is 5. The van der Waals surface area contributed by atoms with E-state index in [-0.39, 0.29) is 11.7 Å². The average molecular weight is 191 g/mol. The van der Waals surface area contributed by atoms with E-state index in [0.717, 1.165) is 5.39 Å². The topological polar surface area (TPSA) is 81.3 Å². The zero-order valence-corrected chi connectivity index (χ0v) is 7.56. The Bertz CT molecular complexity index is 479. The van der Waals surface area contributed by atoms with E-state index >= 15 is 0 Å². The molecule has 0 aliphatic rings. The van der Waals surface area contributed by atoms with Crippen LogP contribution >= 0.6 is 0 Å². The normalized spacial score (nSPS) is 10.4. The maximum Gasteiger partial charge on any atom is 0.225 e. The fourth-order valence-corrected chi connectivity index (χ4v) is 1.26. The number of nitrogen functional groups attached to an aromatic ring is 1. The van der Waals surface area contributed by atoms with Crippen LogP contribution in [-0.4, -0.2) is 22.2 Å². The molecule has 14 heavy (non-hydrogen) atoms. The highest BCUT2D eigenvalue weighted by molar-refractivity contribution is 5.85. The lowest BCUT2D eigenvalue weighted by molar-refractivity contribution is 0.403. The van der Waals surface area contributed by atoms with Gasteiger partial charge in [-0.05, 0) is 12.1 Å². The average Bonchev–Trinajstić information content (AvgIpc) is 2.15. The predicted octanol–water partition coefficient (Wildman–Crippen LogP) is 0.926. The minimum atomic E-state index is 0.125. The van der Waals surface area contributed by atoms with Crippen molar-refractivity contribution >= 4 is 16.9 Å². The Morgan fingerprint density at radius 2 is 2.14 bits per heavy atom. The van der Waals surface area contributed by atoms with Gasteiger partial charge in [-0.25, -0.2) is 4.98 Å². The van der Waals surface area contributed by atoms with Crippen LogP contribution < -0.4 is 10.5 Å². The molecule has 5 heteroatoms. The van der Waals surface area contributed by atoms with Crippen molar-refractivity contribution in [3.63, 3.8) is 0 Å². The van der Waals surface area contributed by atoms with Crippen LogP contribution in [0.15, 0.2) is 18.2 Å². The van der Waals surface area contributed by atoms with Gasteiger partial charge in [-0.15, -0.1) is 0 Å². The summed E-state index contributed by atoms with van der Waals surface area (Å²) in [6.45, 7) is 0. The summed E-state index contributed by atoms with van der Waals surface area (Å²) >= 11 is 0. The number of anilines is 1. The molecule has 2 rings (SSSR count). The molecule has 0 bridgehead atoms. The number of aromatic hydroxyl groups is 1. The van der Waals surface area contributed by atoms with Crippen LogP contribution in [0.2, 0.25) is 0 Å². The van der Waals surface area contributed by atoms with Crippen molar-refractivity contribution in [3.8, 4) is 11.6 Å². The Hall–Kier alpha value is -2.04. The third-order valence-corrected chi connectivity index (χ3v) is 1.86. The number of nitrogens with zero attached hydrogens (tertiary/aromatic N) is 2. The molecular weight excluding hydrogens is 182 g/mol. The number of aromatic nitrogens is 2. The molecule has 1 aromatic carbocycles. The van der Waals surface area contributed by atoms with Gasteiger partial charge in [0.15, 0.2) is 0 Å². The zero-order valence-electron chi connectivity index (χ0n) is 7.56. The standard InChI is InChI=1S/C9H9N3O2/c1-14-8-6-3-2-5(13)4-7(6)11-9(10)12-8/h2-4,13H,1H3,(H2,10,11,12). The van der Waals surface area contributed by atoms with Crippen LogP contribution in [0, 0.1) is 0 Å². The van der Waals surface area contributed by atoms with Crippen LogP contribution in [-0.2, 0) is 0 Å². The van der Waals surface area contributed by atoms with E-state index in [0.29, 0.717) is 11.4 Å². The molecule has 0 unspecified atom stereocenters. The molecule has 0 saturated carbocycles. The third kappa shape index (κ3) is 1.28. The lowest BCUT2D eigenvalue weighted by atomic mass is 10.2. The van der Waals surface area contributed by atoms with Gasteiger partial charge < -0.3 is 15.6 Å². The van der Waals surface area contributed by atoms with E-state index in [1.165, 1.54) is 13.2 Å². The second kappa shape index (κ2) is 3.02. The summed E-state index contributed by atoms with van der Waals surface area (Å²) < 4.78 is 5.04. The number of nitrogens with two attached hydrogens (primary N) is 1. The van der Waals surface area contributed by atoms with E-state index < -0.39 is 0 Å². The second-order valence-electron chi connectivity index (χ2n) is 2.79. The molecule has 72 valence electrons. The van der Waals surface area contributed by atoms with Gasteiger partial charge in [0.2, 0.25) is 11.8 Å². The number of rotatable bonds is 1. The first-order chi connectivity index (χ1) is 6.70. The first kappa shape index (κ1) is 8.55. The number of hydrogen-bond donors (Lipinski definition) is 2. The summed E-state index contributed by atoms with van der Waals surface area (Å²) in [6.07, 6.45) is 0. The van der Waals surface area contributed by atoms with Gasteiger partial charge in [0.05, 0.1) is 18.0 Å². The smallest absolute Gasteiger partial charge is 0.225 e. The molecule has 0 radical (unpaired) electrons. The largest absolute Gasteiger partial charge is 0.508 e. The molecule has 0 spiro atoms. The molecule has 0 aliphatic heterocycles. The zero-order chi connectivity index (χ0) is 10.1. The SMILES string of the molecule is COc1nc(N)nc2cc(O)ccc12. The van der Waals surface area contributed by atoms with Crippen LogP contribution in [0.3, 0.4) is 0 Å². The van der Waals surface area contributed by atoms with Crippen molar-refractivity contribution in [1.29, 1.82) is 0 Å². The monoisotopic (exact) mass is 191 g/mol. The summed E-state index contributed by atoms with van der Waals surface area (Å²) in [6, 6.07) is 4.74. The highest BCUT2D eigenvalue weighted by Crippen LogP contribution is 2.25. The van der Waals surface area contributed by atoms with Crippen molar-refractivity contribution in [2.45, 2.75) is 0 Å². The van der Waals surface area contributed by atoms with Crippen molar-refractivity contribution in [3.05, 3.63) is 18.2 Å². The van der Waals surface area contributed by atoms with Crippen molar-refractivity contribution < 1.29 is 9.84 Å². The fraction of sp³-hybridized carbons (Fsp3) is 0.111. The number of methoxy groups -OCH3 is 1. The summed E-state index contributed by atoms with van der Waals surface area (Å²) in [4.78, 5) is 7.88. The van der Waals surface area contributed by atoms with Gasteiger partial charge in [0.1, 0.15) is 5.75 Å². The minimum Gasteiger partial charge on any atom is -0.508 e. The van der Waals surface area contributed by atoms with Gasteiger partial charge in [0, 0.05) is 6.07 Å². The van der Waals surface area contributed by atoms with Crippen LogP contribution in [0.1, 0.15) is 0 Å². The summed E-state index contributed by atoms with van der Waals surface area (Å²) in [5.74, 6) is 0.671. The number of phenols is 1. The van der Waals surface area contributed by atoms with Crippen LogP contribution in [0.4, 0.5) is 5.95 Å². The van der Waals surface area contributed by atoms with Gasteiger partial charge in [-0.2, -0.15) is 4.98 Å². The highest BCUT2D eigenvalue weighted by Gasteiger charge is 2.06. The van der Waals surface area contributed by atoms with E-state index in [9.17, 15) is 5.11 Å². The maximum absolute atomic E-state index is 9.24. The van der Waals surface area contributed by atoms with Crippen molar-refractivity contribution in [1.82, 2.24) is 9.97 Å². The first-order valence-corrected chi connectivity index (χ1v) is 4.01. The molecule has 1 aromatic heterocycles. The highest BCUT2D eigenvalue weighted by atomic mass is 16.5. The van der Waals surface area contributed by atoms with E-state index in [4.69, 9.17) is 10.5 Å². The molecular formula is C9H9N3O2. The molecule has 1 heterocycles. The minimum absolute atomic E-state index is 0.125. The Morgan fingerprint density at radius 3 is 2.86 bits per heavy atom. The predicted molar refractivity (Wildman–Crippen MR) is 52.2 cm³/mol. The summed E-state index contributed by atoms with van der Waals surface area (Å²) in [5.41, 5.74) is 6.03. The van der Waals surface area contributed by atoms with E-state index in [1.54, 1.807) is 12.1 Å². The fourth-order valence-electron chi connectivity index (χ4n) is 1.26. The van der Waals surface area contributed by atoms with Crippen molar-refractivity contribution in [2.75, 3.05) is 12.8 Å². The lowest BCUT2D eigenvalue weighted by Gasteiger charge is -2.04. The van der Waals surface area contributed by atoms with E-state index in [1.807, 2.05) is 0 Å². The number of phenolic OH excluding ortho intramolecular Hbond substituents is 1. The summed E-state index contributed by atoms with van der Waals surface area (Å²) in [7, 11) is 1.51. The first-order valence-electron chi connectivity index (χ1n) is 4.01. The second-order valence-corrected chi connectivity index (χ2v) is 2.79. The van der Waals surface area contributed by atoms with Gasteiger partial charge in [-0.3, -0.25) is 0 Å². The Labute approximate surface area is 80.2 Å². The quantitative estimate of drug-likeness (QED) is 0.700. The Kier molecular flexibility index (Phi) is 1.85. The molecule has 0 fully saturated rings. The molecule has 0 aliphatic carbocycles. The number of benzene rings is 1. The van der Waals surface area contributed by atoms with E-state index in [2.05, 4.69) is 9.97 Å². The third-order valence-electron chi connectivity index (χ3n) is 1.86. The molecule has 5 nitrogen and oxygen atoms in total. The molecule has 2 aromatic rings. The number of ether oxygens (including phenoxy) is 1. The van der Waals surface area contributed by atoms with Gasteiger partial charge in [-0.1, -0.05) is 0 Å². The van der Waals surface area contributed by atoms with Gasteiger partial charge in [0.25, 0.3) is 0 Å². The Balaban J connectivity index is 2.81. The lowest BCUT2D eigenvalue weighted by Crippen LogP contribution is -1.98. The van der Waals surface area contributed by atoms with Crippen molar-refractivity contribution in [2.24, 2.45) is 0 Å². The maximum atomic E-state index is 9.24. The number of fused-ring (bicyclic) bond motifs is 1. The molecule has 0 atom stereocenters. The van der Waals surface area contributed by atoms with Gasteiger partial charge >= 0.3 is 0 Å². The molecule has 0 amide bonds. The van der Waals surface area contributed by atoms with Crippen LogP contribution in [0.25, 0.3) is 10.9 Å². The molecule has 0 saturated heterocycles. The molecule has 3 N–H and O–H groups in total. The Morgan fingerprint density at radius 1 is 1.36 bits per heavy atom. The van der Waals surface area contributed by atoms with Crippen LogP contribution in [0.5, 0.6) is 11.6 Å².